The Balaban J connectivity index is 2.03. The zero-order valence-corrected chi connectivity index (χ0v) is 11.0. The maximum absolute atomic E-state index is 12.0. The van der Waals surface area contributed by atoms with Crippen LogP contribution in [-0.2, 0) is 9.59 Å². The highest BCUT2D eigenvalue weighted by Gasteiger charge is 2.33. The molecule has 0 aliphatic carbocycles. The van der Waals surface area contributed by atoms with Gasteiger partial charge in [0, 0.05) is 31.4 Å². The SMILES string of the molecule is CCN1CC(C(=O)Nc2ccnc(C(=O)O)c2)CC1=O. The van der Waals surface area contributed by atoms with Gasteiger partial charge in [0.1, 0.15) is 5.69 Å². The van der Waals surface area contributed by atoms with Gasteiger partial charge in [0.25, 0.3) is 0 Å². The van der Waals surface area contributed by atoms with E-state index in [4.69, 9.17) is 5.11 Å². The van der Waals surface area contributed by atoms with Gasteiger partial charge in [0.05, 0.1) is 5.92 Å². The van der Waals surface area contributed by atoms with Gasteiger partial charge < -0.3 is 15.3 Å². The van der Waals surface area contributed by atoms with Crippen molar-refractivity contribution in [3.05, 3.63) is 24.0 Å². The molecule has 2 amide bonds. The molecule has 20 heavy (non-hydrogen) atoms. The lowest BCUT2D eigenvalue weighted by atomic mass is 10.1. The van der Waals surface area contributed by atoms with Gasteiger partial charge in [0.2, 0.25) is 11.8 Å². The van der Waals surface area contributed by atoms with Gasteiger partial charge in [-0.15, -0.1) is 0 Å². The monoisotopic (exact) mass is 277 g/mol. The van der Waals surface area contributed by atoms with E-state index >= 15 is 0 Å². The first-order valence-corrected chi connectivity index (χ1v) is 6.29. The van der Waals surface area contributed by atoms with Crippen molar-refractivity contribution in [2.75, 3.05) is 18.4 Å². The summed E-state index contributed by atoms with van der Waals surface area (Å²) < 4.78 is 0. The number of nitrogens with one attached hydrogen (secondary N) is 1. The van der Waals surface area contributed by atoms with Crippen LogP contribution in [0.15, 0.2) is 18.3 Å². The molecule has 1 atom stereocenters. The first-order valence-electron chi connectivity index (χ1n) is 6.29. The fourth-order valence-electron chi connectivity index (χ4n) is 2.12. The topological polar surface area (TPSA) is 99.6 Å². The molecular formula is C13H15N3O4. The van der Waals surface area contributed by atoms with E-state index in [1.54, 1.807) is 4.90 Å². The van der Waals surface area contributed by atoms with Crippen LogP contribution in [-0.4, -0.2) is 45.9 Å². The second-order valence-electron chi connectivity index (χ2n) is 4.56. The summed E-state index contributed by atoms with van der Waals surface area (Å²) in [5.74, 6) is -1.87. The minimum Gasteiger partial charge on any atom is -0.477 e. The number of carbonyl (C=O) groups excluding carboxylic acids is 2. The second-order valence-corrected chi connectivity index (χ2v) is 4.56. The summed E-state index contributed by atoms with van der Waals surface area (Å²) >= 11 is 0. The Bertz CT molecular complexity index is 558. The fraction of sp³-hybridized carbons (Fsp3) is 0.385. The molecule has 1 aliphatic heterocycles. The number of anilines is 1. The lowest BCUT2D eigenvalue weighted by molar-refractivity contribution is -0.128. The lowest BCUT2D eigenvalue weighted by Gasteiger charge is -2.13. The van der Waals surface area contributed by atoms with E-state index in [-0.39, 0.29) is 23.9 Å². The van der Waals surface area contributed by atoms with Gasteiger partial charge in [-0.2, -0.15) is 0 Å². The Morgan fingerprint density at radius 3 is 2.90 bits per heavy atom. The van der Waals surface area contributed by atoms with Gasteiger partial charge in [-0.25, -0.2) is 9.78 Å². The highest BCUT2D eigenvalue weighted by molar-refractivity contribution is 5.98. The number of likely N-dealkylation sites (tertiary alicyclic amines) is 1. The molecule has 7 nitrogen and oxygen atoms in total. The zero-order chi connectivity index (χ0) is 14.7. The summed E-state index contributed by atoms with van der Waals surface area (Å²) in [4.78, 5) is 39.7. The van der Waals surface area contributed by atoms with Gasteiger partial charge in [-0.05, 0) is 19.1 Å². The summed E-state index contributed by atoms with van der Waals surface area (Å²) in [6.45, 7) is 2.85. The molecule has 0 radical (unpaired) electrons. The number of hydrogen-bond donors (Lipinski definition) is 2. The van der Waals surface area contributed by atoms with Crippen LogP contribution in [0.2, 0.25) is 0 Å². The van der Waals surface area contributed by atoms with E-state index in [0.717, 1.165) is 0 Å². The minimum absolute atomic E-state index is 0.0337. The molecule has 7 heteroatoms. The number of aromatic carboxylic acids is 1. The summed E-state index contributed by atoms with van der Waals surface area (Å²) in [5, 5.41) is 11.5. The molecule has 2 heterocycles. The average Bonchev–Trinajstić information content (AvgIpc) is 2.80. The summed E-state index contributed by atoms with van der Waals surface area (Å²) in [5.41, 5.74) is 0.227. The molecule has 2 N–H and O–H groups in total. The zero-order valence-electron chi connectivity index (χ0n) is 11.0. The van der Waals surface area contributed by atoms with Crippen LogP contribution in [0.5, 0.6) is 0 Å². The van der Waals surface area contributed by atoms with Crippen molar-refractivity contribution in [2.24, 2.45) is 5.92 Å². The highest BCUT2D eigenvalue weighted by Crippen LogP contribution is 2.19. The van der Waals surface area contributed by atoms with Crippen LogP contribution < -0.4 is 5.32 Å². The number of aromatic nitrogens is 1. The smallest absolute Gasteiger partial charge is 0.354 e. The largest absolute Gasteiger partial charge is 0.477 e. The Labute approximate surface area is 115 Å². The molecule has 0 spiro atoms. The third-order valence-electron chi connectivity index (χ3n) is 3.21. The van der Waals surface area contributed by atoms with E-state index in [2.05, 4.69) is 10.3 Å². The van der Waals surface area contributed by atoms with Crippen molar-refractivity contribution in [1.29, 1.82) is 0 Å². The number of carbonyl (C=O) groups is 3. The van der Waals surface area contributed by atoms with Crippen LogP contribution in [0, 0.1) is 5.92 Å². The number of pyridine rings is 1. The molecule has 0 aromatic carbocycles. The van der Waals surface area contributed by atoms with E-state index in [9.17, 15) is 14.4 Å². The number of carboxylic acid groups (broad SMARTS) is 1. The maximum Gasteiger partial charge on any atom is 0.354 e. The molecule has 1 saturated heterocycles. The van der Waals surface area contributed by atoms with Gasteiger partial charge in [-0.1, -0.05) is 0 Å². The molecule has 1 fully saturated rings. The van der Waals surface area contributed by atoms with Crippen molar-refractivity contribution in [3.8, 4) is 0 Å². The van der Waals surface area contributed by atoms with Crippen molar-refractivity contribution < 1.29 is 19.5 Å². The van der Waals surface area contributed by atoms with E-state index in [0.29, 0.717) is 18.8 Å². The molecule has 2 rings (SSSR count). The highest BCUT2D eigenvalue weighted by atomic mass is 16.4. The predicted molar refractivity (Wildman–Crippen MR) is 70.2 cm³/mol. The van der Waals surface area contributed by atoms with E-state index in [1.807, 2.05) is 6.92 Å². The predicted octanol–water partition coefficient (Wildman–Crippen LogP) is 0.587. The number of hydrogen-bond acceptors (Lipinski definition) is 4. The van der Waals surface area contributed by atoms with Crippen molar-refractivity contribution in [2.45, 2.75) is 13.3 Å². The van der Waals surface area contributed by atoms with Crippen LogP contribution in [0.1, 0.15) is 23.8 Å². The van der Waals surface area contributed by atoms with Gasteiger partial charge >= 0.3 is 5.97 Å². The van der Waals surface area contributed by atoms with Crippen LogP contribution in [0.25, 0.3) is 0 Å². The van der Waals surface area contributed by atoms with Crippen molar-refractivity contribution in [1.82, 2.24) is 9.88 Å². The summed E-state index contributed by atoms with van der Waals surface area (Å²) in [6.07, 6.45) is 1.51. The van der Waals surface area contributed by atoms with Gasteiger partial charge in [-0.3, -0.25) is 9.59 Å². The van der Waals surface area contributed by atoms with E-state index < -0.39 is 11.9 Å². The van der Waals surface area contributed by atoms with Crippen LogP contribution >= 0.6 is 0 Å². The molecule has 1 aliphatic rings. The Hall–Kier alpha value is -2.44. The summed E-state index contributed by atoms with van der Waals surface area (Å²) in [6, 6.07) is 2.80. The average molecular weight is 277 g/mol. The Kier molecular flexibility index (Phi) is 3.97. The Morgan fingerprint density at radius 1 is 1.55 bits per heavy atom. The first-order chi connectivity index (χ1) is 9.51. The fourth-order valence-corrected chi connectivity index (χ4v) is 2.12. The normalized spacial score (nSPS) is 18.1. The third kappa shape index (κ3) is 2.93. The lowest BCUT2D eigenvalue weighted by Crippen LogP contribution is -2.28. The molecule has 0 bridgehead atoms. The van der Waals surface area contributed by atoms with E-state index in [1.165, 1.54) is 18.3 Å². The molecule has 0 saturated carbocycles. The maximum atomic E-state index is 12.0. The molecule has 1 aromatic rings. The standard InChI is InChI=1S/C13H15N3O4/c1-2-16-7-8(5-11(16)17)12(18)15-9-3-4-14-10(6-9)13(19)20/h3-4,6,8H,2,5,7H2,1H3,(H,19,20)(H,14,15,18). The molecule has 1 aromatic heterocycles. The Morgan fingerprint density at radius 2 is 2.30 bits per heavy atom. The second kappa shape index (κ2) is 5.68. The number of rotatable bonds is 4. The van der Waals surface area contributed by atoms with Gasteiger partial charge in [0.15, 0.2) is 0 Å². The quantitative estimate of drug-likeness (QED) is 0.839. The molecular weight excluding hydrogens is 262 g/mol. The number of nitrogens with zero attached hydrogens (tertiary/aromatic N) is 2. The first kappa shape index (κ1) is 14.0. The summed E-state index contributed by atoms with van der Waals surface area (Å²) in [7, 11) is 0. The minimum atomic E-state index is -1.16. The van der Waals surface area contributed by atoms with Crippen LogP contribution in [0.4, 0.5) is 5.69 Å². The van der Waals surface area contributed by atoms with Crippen LogP contribution in [0.3, 0.4) is 0 Å². The third-order valence-corrected chi connectivity index (χ3v) is 3.21. The molecule has 106 valence electrons. The molecule has 1 unspecified atom stereocenters. The number of amides is 2. The number of carboxylic acids is 1. The van der Waals surface area contributed by atoms with Crippen molar-refractivity contribution in [3.63, 3.8) is 0 Å². The van der Waals surface area contributed by atoms with Crippen molar-refractivity contribution >= 4 is 23.5 Å².